The molecular formula is C13H9BrN4O3S. The Morgan fingerprint density at radius 1 is 1.64 bits per heavy atom. The molecule has 1 aromatic carbocycles. The molecule has 0 saturated heterocycles. The minimum atomic E-state index is -0.540. The molecule has 2 aromatic rings. The van der Waals surface area contributed by atoms with E-state index in [1.54, 1.807) is 6.07 Å². The van der Waals surface area contributed by atoms with E-state index in [-0.39, 0.29) is 11.6 Å². The van der Waals surface area contributed by atoms with Crippen LogP contribution in [0.5, 0.6) is 5.75 Å². The van der Waals surface area contributed by atoms with Gasteiger partial charge in [0.2, 0.25) is 5.01 Å². The van der Waals surface area contributed by atoms with Crippen LogP contribution < -0.4 is 4.74 Å². The number of carbonyl (C=O) groups excluding carboxylic acids is 1. The monoisotopic (exact) mass is 380 g/mol. The molecule has 22 heavy (non-hydrogen) atoms. The summed E-state index contributed by atoms with van der Waals surface area (Å²) < 4.78 is 11.3. The third kappa shape index (κ3) is 2.54. The van der Waals surface area contributed by atoms with Gasteiger partial charge >= 0.3 is 5.97 Å². The summed E-state index contributed by atoms with van der Waals surface area (Å²) in [5.41, 5.74) is 10.1. The number of thiazole rings is 1. The fourth-order valence-corrected chi connectivity index (χ4v) is 3.51. The Morgan fingerprint density at radius 2 is 2.45 bits per heavy atom. The third-order valence-corrected chi connectivity index (χ3v) is 4.73. The summed E-state index contributed by atoms with van der Waals surface area (Å²) in [5, 5.41) is 3.97. The molecule has 1 aromatic heterocycles. The summed E-state index contributed by atoms with van der Waals surface area (Å²) in [6.07, 6.45) is 0. The van der Waals surface area contributed by atoms with Gasteiger partial charge in [0, 0.05) is 19.8 Å². The zero-order valence-electron chi connectivity index (χ0n) is 11.3. The SMILES string of the molecule is COC(=O)c1nc2c(s1)C(N=[N+]=[N-])COc1ccc(Br)cc1-2. The third-order valence-electron chi connectivity index (χ3n) is 3.10. The van der Waals surface area contributed by atoms with Crippen LogP contribution in [0.2, 0.25) is 0 Å². The highest BCUT2D eigenvalue weighted by Gasteiger charge is 2.29. The standard InChI is InChI=1S/C13H9BrN4O3S/c1-20-13(19)12-16-10-7-4-6(14)2-3-9(7)21-5-8(17-18-15)11(10)22-12/h2-4,8H,5H2,1H3. The van der Waals surface area contributed by atoms with Crippen LogP contribution in [0, 0.1) is 0 Å². The first-order chi connectivity index (χ1) is 10.6. The van der Waals surface area contributed by atoms with Gasteiger partial charge in [-0.2, -0.15) is 0 Å². The molecule has 1 aliphatic heterocycles. The topological polar surface area (TPSA) is 97.2 Å². The quantitative estimate of drug-likeness (QED) is 0.338. The molecule has 1 unspecified atom stereocenters. The van der Waals surface area contributed by atoms with Crippen molar-refractivity contribution in [2.24, 2.45) is 5.11 Å². The molecule has 0 radical (unpaired) electrons. The highest BCUT2D eigenvalue weighted by atomic mass is 79.9. The van der Waals surface area contributed by atoms with Crippen molar-refractivity contribution < 1.29 is 14.3 Å². The first kappa shape index (κ1) is 14.8. The predicted octanol–water partition coefficient (Wildman–Crippen LogP) is 4.10. The van der Waals surface area contributed by atoms with Crippen LogP contribution in [-0.4, -0.2) is 24.7 Å². The number of azide groups is 1. The number of carbonyl (C=O) groups is 1. The normalized spacial score (nSPS) is 15.6. The van der Waals surface area contributed by atoms with Crippen molar-refractivity contribution in [1.29, 1.82) is 0 Å². The van der Waals surface area contributed by atoms with E-state index >= 15 is 0 Å². The second-order valence-electron chi connectivity index (χ2n) is 4.40. The van der Waals surface area contributed by atoms with Crippen LogP contribution in [0.4, 0.5) is 0 Å². The van der Waals surface area contributed by atoms with E-state index < -0.39 is 12.0 Å². The molecule has 0 bridgehead atoms. The van der Waals surface area contributed by atoms with Gasteiger partial charge in [-0.05, 0) is 23.7 Å². The highest BCUT2D eigenvalue weighted by Crippen LogP contribution is 2.43. The molecule has 1 aliphatic rings. The second kappa shape index (κ2) is 5.96. The van der Waals surface area contributed by atoms with Gasteiger partial charge in [0.15, 0.2) is 0 Å². The van der Waals surface area contributed by atoms with E-state index in [2.05, 4.69) is 30.9 Å². The van der Waals surface area contributed by atoms with Crippen molar-refractivity contribution in [3.05, 3.63) is 43.0 Å². The Hall–Kier alpha value is -2.09. The lowest BCUT2D eigenvalue weighted by atomic mass is 10.1. The molecule has 0 amide bonds. The zero-order valence-corrected chi connectivity index (χ0v) is 13.7. The van der Waals surface area contributed by atoms with Crippen molar-refractivity contribution in [2.45, 2.75) is 6.04 Å². The number of halogens is 1. The minimum Gasteiger partial charge on any atom is -0.492 e. The fourth-order valence-electron chi connectivity index (χ4n) is 2.13. The van der Waals surface area contributed by atoms with Crippen LogP contribution in [0.25, 0.3) is 21.7 Å². The van der Waals surface area contributed by atoms with E-state index in [1.165, 1.54) is 7.11 Å². The van der Waals surface area contributed by atoms with Gasteiger partial charge in [-0.1, -0.05) is 21.0 Å². The van der Waals surface area contributed by atoms with Gasteiger partial charge in [0.05, 0.1) is 12.8 Å². The lowest BCUT2D eigenvalue weighted by molar-refractivity contribution is 0.0600. The molecule has 0 saturated carbocycles. The number of esters is 1. The first-order valence-electron chi connectivity index (χ1n) is 6.20. The average molecular weight is 381 g/mol. The van der Waals surface area contributed by atoms with Crippen molar-refractivity contribution >= 4 is 33.2 Å². The number of ether oxygens (including phenoxy) is 2. The number of aromatic nitrogens is 1. The number of hydrogen-bond donors (Lipinski definition) is 0. The summed E-state index contributed by atoms with van der Waals surface area (Å²) in [7, 11) is 1.30. The van der Waals surface area contributed by atoms with Crippen LogP contribution in [0.1, 0.15) is 20.7 Å². The molecule has 0 spiro atoms. The lowest BCUT2D eigenvalue weighted by Crippen LogP contribution is -2.04. The maximum absolute atomic E-state index is 11.7. The van der Waals surface area contributed by atoms with Gasteiger partial charge in [0.25, 0.3) is 0 Å². The minimum absolute atomic E-state index is 0.189. The Bertz CT molecular complexity index is 801. The molecule has 3 rings (SSSR count). The Kier molecular flexibility index (Phi) is 4.02. The van der Waals surface area contributed by atoms with Crippen LogP contribution in [-0.2, 0) is 4.74 Å². The van der Waals surface area contributed by atoms with Gasteiger partial charge in [0.1, 0.15) is 18.4 Å². The maximum atomic E-state index is 11.7. The molecular weight excluding hydrogens is 372 g/mol. The van der Waals surface area contributed by atoms with Crippen LogP contribution in [0.3, 0.4) is 0 Å². The zero-order chi connectivity index (χ0) is 15.7. The number of rotatable bonds is 2. The molecule has 0 fully saturated rings. The van der Waals surface area contributed by atoms with Gasteiger partial charge < -0.3 is 9.47 Å². The molecule has 2 heterocycles. The molecule has 9 heteroatoms. The molecule has 1 atom stereocenters. The second-order valence-corrected chi connectivity index (χ2v) is 6.34. The first-order valence-corrected chi connectivity index (χ1v) is 7.81. The summed E-state index contributed by atoms with van der Waals surface area (Å²) in [6, 6.07) is 4.97. The fraction of sp³-hybridized carbons (Fsp3) is 0.231. The molecule has 7 nitrogen and oxygen atoms in total. The van der Waals surface area contributed by atoms with E-state index in [4.69, 9.17) is 15.0 Å². The van der Waals surface area contributed by atoms with Crippen LogP contribution in [0.15, 0.2) is 27.8 Å². The smallest absolute Gasteiger partial charge is 0.367 e. The Balaban J connectivity index is 2.23. The number of hydrogen-bond acceptors (Lipinski definition) is 6. The predicted molar refractivity (Wildman–Crippen MR) is 84.0 cm³/mol. The molecule has 112 valence electrons. The Labute approximate surface area is 137 Å². The van der Waals surface area contributed by atoms with Crippen molar-refractivity contribution in [2.75, 3.05) is 13.7 Å². The van der Waals surface area contributed by atoms with E-state index in [0.717, 1.165) is 21.4 Å². The van der Waals surface area contributed by atoms with E-state index in [1.807, 2.05) is 12.1 Å². The van der Waals surface area contributed by atoms with Gasteiger partial charge in [-0.25, -0.2) is 9.78 Å². The van der Waals surface area contributed by atoms with Crippen molar-refractivity contribution in [3.63, 3.8) is 0 Å². The number of nitrogens with zero attached hydrogens (tertiary/aromatic N) is 4. The summed E-state index contributed by atoms with van der Waals surface area (Å²) in [4.78, 5) is 19.6. The average Bonchev–Trinajstić information content (AvgIpc) is 2.91. The van der Waals surface area contributed by atoms with E-state index in [9.17, 15) is 4.79 Å². The number of methoxy groups -OCH3 is 1. The highest BCUT2D eigenvalue weighted by molar-refractivity contribution is 9.10. The van der Waals surface area contributed by atoms with Gasteiger partial charge in [-0.3, -0.25) is 0 Å². The summed E-state index contributed by atoms with van der Waals surface area (Å²) >= 11 is 4.56. The van der Waals surface area contributed by atoms with Crippen LogP contribution >= 0.6 is 27.3 Å². The maximum Gasteiger partial charge on any atom is 0.367 e. The van der Waals surface area contributed by atoms with Crippen molar-refractivity contribution in [1.82, 2.24) is 4.98 Å². The lowest BCUT2D eigenvalue weighted by Gasteiger charge is -2.08. The summed E-state index contributed by atoms with van der Waals surface area (Å²) in [5.74, 6) is 0.108. The van der Waals surface area contributed by atoms with Crippen molar-refractivity contribution in [3.8, 4) is 17.0 Å². The number of benzene rings is 1. The number of fused-ring (bicyclic) bond motifs is 3. The Morgan fingerprint density at radius 3 is 3.18 bits per heavy atom. The molecule has 0 N–H and O–H groups in total. The largest absolute Gasteiger partial charge is 0.492 e. The summed E-state index contributed by atoms with van der Waals surface area (Å²) in [6.45, 7) is 0.189. The van der Waals surface area contributed by atoms with E-state index in [0.29, 0.717) is 16.3 Å². The molecule has 0 aliphatic carbocycles. The van der Waals surface area contributed by atoms with Gasteiger partial charge in [-0.15, -0.1) is 11.3 Å².